The summed E-state index contributed by atoms with van der Waals surface area (Å²) >= 11 is 0. The van der Waals surface area contributed by atoms with Crippen molar-refractivity contribution in [2.75, 3.05) is 0 Å². The number of hydrogen-bond acceptors (Lipinski definition) is 2. The summed E-state index contributed by atoms with van der Waals surface area (Å²) < 4.78 is 0. The van der Waals surface area contributed by atoms with Crippen LogP contribution in [0.2, 0.25) is 0 Å². The molecule has 3 heteroatoms. The minimum absolute atomic E-state index is 0.0162. The number of rotatable bonds is 6. The molecule has 168 valence electrons. The van der Waals surface area contributed by atoms with Crippen LogP contribution in [-0.4, -0.2) is 4.92 Å². The van der Waals surface area contributed by atoms with E-state index in [4.69, 9.17) is 0 Å². The maximum atomic E-state index is 12.1. The standard InChI is InChI=1S/C27H43NO2/c1-18(2)9-8-10-19(3)21-12-13-22-20-17-25(28(29)30)24-11-6-7-15-26(24,4)23(20)14-16-27(21,22)5/h6,11,18-23H,7-10,12-17H2,1-5H3/t19-,20+,21-,22+,23+,26-,27-/m1/s1. The lowest BCUT2D eigenvalue weighted by Crippen LogP contribution is -2.51. The molecule has 4 aliphatic rings. The van der Waals surface area contributed by atoms with Gasteiger partial charge in [-0.2, -0.15) is 0 Å². The van der Waals surface area contributed by atoms with Gasteiger partial charge in [-0.15, -0.1) is 0 Å². The molecule has 30 heavy (non-hydrogen) atoms. The van der Waals surface area contributed by atoms with Gasteiger partial charge >= 0.3 is 0 Å². The van der Waals surface area contributed by atoms with E-state index in [9.17, 15) is 10.1 Å². The van der Waals surface area contributed by atoms with Crippen molar-refractivity contribution in [3.8, 4) is 0 Å². The van der Waals surface area contributed by atoms with Crippen molar-refractivity contribution >= 4 is 0 Å². The first-order valence-corrected chi connectivity index (χ1v) is 12.7. The maximum Gasteiger partial charge on any atom is 0.250 e. The fraction of sp³-hybridized carbons (Fsp3) is 0.852. The zero-order valence-corrected chi connectivity index (χ0v) is 20.0. The third kappa shape index (κ3) is 3.48. The molecule has 0 aromatic carbocycles. The molecule has 4 rings (SSSR count). The van der Waals surface area contributed by atoms with E-state index in [0.717, 1.165) is 36.2 Å². The fourth-order valence-electron chi connectivity index (χ4n) is 8.61. The van der Waals surface area contributed by atoms with Crippen molar-refractivity contribution in [3.63, 3.8) is 0 Å². The Bertz CT molecular complexity index is 737. The molecule has 4 aliphatic carbocycles. The second-order valence-corrected chi connectivity index (χ2v) is 12.1. The van der Waals surface area contributed by atoms with Gasteiger partial charge < -0.3 is 0 Å². The third-order valence-electron chi connectivity index (χ3n) is 10.1. The topological polar surface area (TPSA) is 43.1 Å². The number of allylic oxidation sites excluding steroid dienone is 4. The molecule has 0 radical (unpaired) electrons. The fourth-order valence-corrected chi connectivity index (χ4v) is 8.61. The Labute approximate surface area is 183 Å². The highest BCUT2D eigenvalue weighted by molar-refractivity contribution is 5.36. The normalized spacial score (nSPS) is 41.4. The summed E-state index contributed by atoms with van der Waals surface area (Å²) in [7, 11) is 0. The highest BCUT2D eigenvalue weighted by Gasteiger charge is 2.60. The van der Waals surface area contributed by atoms with Crippen molar-refractivity contribution in [1.82, 2.24) is 0 Å². The van der Waals surface area contributed by atoms with Gasteiger partial charge in [0.1, 0.15) is 0 Å². The molecule has 0 bridgehead atoms. The van der Waals surface area contributed by atoms with Crippen molar-refractivity contribution in [2.45, 2.75) is 98.8 Å². The van der Waals surface area contributed by atoms with E-state index < -0.39 is 0 Å². The summed E-state index contributed by atoms with van der Waals surface area (Å²) in [6, 6.07) is 0. The van der Waals surface area contributed by atoms with Gasteiger partial charge in [0.05, 0.1) is 4.92 Å². The first-order valence-electron chi connectivity index (χ1n) is 12.7. The highest BCUT2D eigenvalue weighted by Crippen LogP contribution is 2.67. The van der Waals surface area contributed by atoms with Crippen molar-refractivity contribution < 1.29 is 4.92 Å². The van der Waals surface area contributed by atoms with Crippen LogP contribution < -0.4 is 0 Å². The van der Waals surface area contributed by atoms with Crippen molar-refractivity contribution in [1.29, 1.82) is 0 Å². The molecule has 0 aromatic rings. The van der Waals surface area contributed by atoms with Gasteiger partial charge in [-0.1, -0.05) is 66.0 Å². The molecule has 0 N–H and O–H groups in total. The molecule has 0 aromatic heterocycles. The summed E-state index contributed by atoms with van der Waals surface area (Å²) in [6.45, 7) is 12.1. The molecule has 0 unspecified atom stereocenters. The SMILES string of the molecule is CC(C)CCC[C@@H](C)[C@H]1CC[C@H]2[C@@H]3CC([N+](=O)[O-])=C4C=CCC[C@]4(C)[C@H]3CC[C@]12C. The van der Waals surface area contributed by atoms with Gasteiger partial charge in [0.25, 0.3) is 0 Å². The molecule has 3 nitrogen and oxygen atoms in total. The minimum atomic E-state index is -0.0353. The van der Waals surface area contributed by atoms with Crippen LogP contribution >= 0.6 is 0 Å². The minimum Gasteiger partial charge on any atom is -0.259 e. The Morgan fingerprint density at radius 3 is 2.57 bits per heavy atom. The second kappa shape index (κ2) is 8.10. The van der Waals surface area contributed by atoms with Gasteiger partial charge in [0, 0.05) is 17.4 Å². The van der Waals surface area contributed by atoms with Gasteiger partial charge in [0.15, 0.2) is 0 Å². The third-order valence-corrected chi connectivity index (χ3v) is 10.1. The first kappa shape index (κ1) is 22.1. The van der Waals surface area contributed by atoms with Crippen LogP contribution in [0.3, 0.4) is 0 Å². The molecule has 0 heterocycles. The van der Waals surface area contributed by atoms with E-state index in [-0.39, 0.29) is 10.3 Å². The van der Waals surface area contributed by atoms with Gasteiger partial charge in [-0.3, -0.25) is 10.1 Å². The van der Waals surface area contributed by atoms with Crippen molar-refractivity contribution in [3.05, 3.63) is 33.5 Å². The molecule has 2 fully saturated rings. The Morgan fingerprint density at radius 1 is 1.10 bits per heavy atom. The smallest absolute Gasteiger partial charge is 0.250 e. The molecular weight excluding hydrogens is 370 g/mol. The summed E-state index contributed by atoms with van der Waals surface area (Å²) in [6.07, 6.45) is 16.4. The molecule has 0 spiro atoms. The molecule has 2 saturated carbocycles. The summed E-state index contributed by atoms with van der Waals surface area (Å²) in [5, 5.41) is 12.1. The molecule has 0 saturated heterocycles. The molecule has 0 aliphatic heterocycles. The predicted octanol–water partition coefficient (Wildman–Crippen LogP) is 7.80. The lowest BCUT2D eigenvalue weighted by atomic mass is 9.47. The average molecular weight is 414 g/mol. The lowest BCUT2D eigenvalue weighted by Gasteiger charge is -2.57. The van der Waals surface area contributed by atoms with E-state index in [1.807, 2.05) is 0 Å². The van der Waals surface area contributed by atoms with Crippen molar-refractivity contribution in [2.24, 2.45) is 46.3 Å². The van der Waals surface area contributed by atoms with E-state index >= 15 is 0 Å². The predicted molar refractivity (Wildman–Crippen MR) is 124 cm³/mol. The van der Waals surface area contributed by atoms with Gasteiger partial charge in [-0.25, -0.2) is 0 Å². The first-order chi connectivity index (χ1) is 14.2. The Kier molecular flexibility index (Phi) is 5.96. The summed E-state index contributed by atoms with van der Waals surface area (Å²) in [4.78, 5) is 12.0. The van der Waals surface area contributed by atoms with Crippen LogP contribution in [0.4, 0.5) is 0 Å². The quantitative estimate of drug-likeness (QED) is 0.329. The van der Waals surface area contributed by atoms with E-state index in [2.05, 4.69) is 46.8 Å². The van der Waals surface area contributed by atoms with Crippen LogP contribution in [0.5, 0.6) is 0 Å². The zero-order chi connectivity index (χ0) is 21.7. The monoisotopic (exact) mass is 413 g/mol. The van der Waals surface area contributed by atoms with Crippen LogP contribution in [0, 0.1) is 56.5 Å². The van der Waals surface area contributed by atoms with Crippen LogP contribution in [0.1, 0.15) is 98.8 Å². The largest absolute Gasteiger partial charge is 0.259 e. The average Bonchev–Trinajstić information content (AvgIpc) is 3.03. The number of nitrogens with zero attached hydrogens (tertiary/aromatic N) is 1. The van der Waals surface area contributed by atoms with E-state index in [0.29, 0.717) is 35.3 Å². The maximum absolute atomic E-state index is 12.1. The van der Waals surface area contributed by atoms with Crippen LogP contribution in [-0.2, 0) is 0 Å². The zero-order valence-electron chi connectivity index (χ0n) is 20.0. The molecular formula is C27H43NO2. The number of hydrogen-bond donors (Lipinski definition) is 0. The van der Waals surface area contributed by atoms with Gasteiger partial charge in [-0.05, 0) is 79.4 Å². The Balaban J connectivity index is 1.59. The second-order valence-electron chi connectivity index (χ2n) is 12.1. The van der Waals surface area contributed by atoms with E-state index in [1.165, 1.54) is 44.9 Å². The van der Waals surface area contributed by atoms with Crippen LogP contribution in [0.25, 0.3) is 0 Å². The molecule has 7 atom stereocenters. The molecule has 0 amide bonds. The summed E-state index contributed by atoms with van der Waals surface area (Å²) in [5.74, 6) is 4.21. The van der Waals surface area contributed by atoms with E-state index in [1.54, 1.807) is 0 Å². The van der Waals surface area contributed by atoms with Crippen LogP contribution in [0.15, 0.2) is 23.4 Å². The lowest BCUT2D eigenvalue weighted by molar-refractivity contribution is -0.433. The Hall–Kier alpha value is -1.12. The summed E-state index contributed by atoms with van der Waals surface area (Å²) in [5.41, 5.74) is 2.02. The highest BCUT2D eigenvalue weighted by atomic mass is 16.6. The Morgan fingerprint density at radius 2 is 1.87 bits per heavy atom. The number of fused-ring (bicyclic) bond motifs is 5. The van der Waals surface area contributed by atoms with Gasteiger partial charge in [0.2, 0.25) is 5.70 Å². The number of nitro groups is 1.